The van der Waals surface area contributed by atoms with Gasteiger partial charge >= 0.3 is 0 Å². The fourth-order valence-corrected chi connectivity index (χ4v) is 2.29. The number of amides is 1. The molecular weight excluding hydrogens is 182 g/mol. The van der Waals surface area contributed by atoms with Crippen molar-refractivity contribution in [3.05, 3.63) is 22.4 Å². The first-order valence-electron chi connectivity index (χ1n) is 4.65. The summed E-state index contributed by atoms with van der Waals surface area (Å²) in [6.07, 6.45) is 2.97. The van der Waals surface area contributed by atoms with Crippen molar-refractivity contribution in [2.24, 2.45) is 0 Å². The Balaban J connectivity index is 1.97. The zero-order valence-electron chi connectivity index (χ0n) is 7.53. The van der Waals surface area contributed by atoms with Crippen LogP contribution in [-0.2, 0) is 11.3 Å². The Hall–Kier alpha value is -0.830. The molecule has 0 radical (unpaired) electrons. The number of carbonyl (C=O) groups is 1. The van der Waals surface area contributed by atoms with Crippen molar-refractivity contribution < 1.29 is 4.79 Å². The van der Waals surface area contributed by atoms with E-state index in [4.69, 9.17) is 0 Å². The molecule has 0 saturated carbocycles. The normalized spacial score (nSPS) is 17.8. The maximum atomic E-state index is 11.4. The molecule has 1 aliphatic rings. The summed E-state index contributed by atoms with van der Waals surface area (Å²) in [7, 11) is 0. The second kappa shape index (κ2) is 3.92. The van der Waals surface area contributed by atoms with E-state index in [9.17, 15) is 4.79 Å². The topological polar surface area (TPSA) is 20.3 Å². The number of hydrogen-bond acceptors (Lipinski definition) is 2. The van der Waals surface area contributed by atoms with Gasteiger partial charge in [-0.05, 0) is 35.2 Å². The first kappa shape index (κ1) is 8.75. The lowest BCUT2D eigenvalue weighted by atomic mass is 10.1. The van der Waals surface area contributed by atoms with E-state index in [1.807, 2.05) is 4.90 Å². The first-order valence-corrected chi connectivity index (χ1v) is 5.59. The van der Waals surface area contributed by atoms with Gasteiger partial charge in [-0.3, -0.25) is 4.79 Å². The quantitative estimate of drug-likeness (QED) is 0.709. The van der Waals surface area contributed by atoms with Gasteiger partial charge in [0.2, 0.25) is 5.91 Å². The van der Waals surface area contributed by atoms with Crippen molar-refractivity contribution >= 4 is 17.2 Å². The van der Waals surface area contributed by atoms with Gasteiger partial charge in [-0.1, -0.05) is 0 Å². The molecule has 2 rings (SSSR count). The molecule has 0 spiro atoms. The molecule has 1 saturated heterocycles. The third kappa shape index (κ3) is 2.10. The molecule has 0 atom stereocenters. The molecule has 70 valence electrons. The Morgan fingerprint density at radius 3 is 3.08 bits per heavy atom. The second-order valence-electron chi connectivity index (χ2n) is 3.40. The third-order valence-corrected chi connectivity index (χ3v) is 3.11. The molecule has 1 aliphatic heterocycles. The van der Waals surface area contributed by atoms with Crippen LogP contribution in [0.15, 0.2) is 16.8 Å². The summed E-state index contributed by atoms with van der Waals surface area (Å²) < 4.78 is 0. The van der Waals surface area contributed by atoms with Crippen molar-refractivity contribution in [1.82, 2.24) is 4.90 Å². The zero-order chi connectivity index (χ0) is 9.10. The Morgan fingerprint density at radius 2 is 2.38 bits per heavy atom. The monoisotopic (exact) mass is 195 g/mol. The number of rotatable bonds is 2. The van der Waals surface area contributed by atoms with Crippen LogP contribution in [0.2, 0.25) is 0 Å². The highest BCUT2D eigenvalue weighted by molar-refractivity contribution is 7.07. The molecule has 2 heterocycles. The highest BCUT2D eigenvalue weighted by Crippen LogP contribution is 2.15. The van der Waals surface area contributed by atoms with Gasteiger partial charge in [0.1, 0.15) is 0 Å². The van der Waals surface area contributed by atoms with E-state index in [0.717, 1.165) is 32.4 Å². The third-order valence-electron chi connectivity index (χ3n) is 2.37. The minimum atomic E-state index is 0.317. The van der Waals surface area contributed by atoms with E-state index >= 15 is 0 Å². The van der Waals surface area contributed by atoms with Crippen LogP contribution in [0, 0.1) is 0 Å². The van der Waals surface area contributed by atoms with E-state index in [0.29, 0.717) is 5.91 Å². The minimum Gasteiger partial charge on any atom is -0.338 e. The second-order valence-corrected chi connectivity index (χ2v) is 4.18. The average Bonchev–Trinajstić information content (AvgIpc) is 2.61. The van der Waals surface area contributed by atoms with Crippen LogP contribution in [0.25, 0.3) is 0 Å². The highest BCUT2D eigenvalue weighted by atomic mass is 32.1. The fraction of sp³-hybridized carbons (Fsp3) is 0.500. The van der Waals surface area contributed by atoms with Crippen molar-refractivity contribution in [2.45, 2.75) is 25.8 Å². The number of hydrogen-bond donors (Lipinski definition) is 0. The summed E-state index contributed by atoms with van der Waals surface area (Å²) in [6.45, 7) is 1.75. The number of nitrogens with zero attached hydrogens (tertiary/aromatic N) is 1. The van der Waals surface area contributed by atoms with Gasteiger partial charge < -0.3 is 4.90 Å². The Labute approximate surface area is 82.2 Å². The summed E-state index contributed by atoms with van der Waals surface area (Å²) in [6, 6.07) is 2.09. The number of carbonyl (C=O) groups excluding carboxylic acids is 1. The van der Waals surface area contributed by atoms with Crippen molar-refractivity contribution in [3.63, 3.8) is 0 Å². The van der Waals surface area contributed by atoms with Crippen LogP contribution in [0.4, 0.5) is 0 Å². The van der Waals surface area contributed by atoms with Gasteiger partial charge in [0, 0.05) is 19.5 Å². The van der Waals surface area contributed by atoms with Crippen LogP contribution in [0.5, 0.6) is 0 Å². The van der Waals surface area contributed by atoms with Gasteiger partial charge in [0.25, 0.3) is 0 Å². The summed E-state index contributed by atoms with van der Waals surface area (Å²) in [4.78, 5) is 13.4. The Morgan fingerprint density at radius 1 is 1.46 bits per heavy atom. The van der Waals surface area contributed by atoms with E-state index < -0.39 is 0 Å². The molecule has 2 nitrogen and oxygen atoms in total. The van der Waals surface area contributed by atoms with Gasteiger partial charge in [0.15, 0.2) is 0 Å². The smallest absolute Gasteiger partial charge is 0.222 e. The fourth-order valence-electron chi connectivity index (χ4n) is 1.63. The molecule has 1 fully saturated rings. The van der Waals surface area contributed by atoms with Gasteiger partial charge in [-0.2, -0.15) is 11.3 Å². The van der Waals surface area contributed by atoms with E-state index in [2.05, 4.69) is 16.8 Å². The van der Waals surface area contributed by atoms with Crippen LogP contribution in [0.1, 0.15) is 24.8 Å². The maximum absolute atomic E-state index is 11.4. The van der Waals surface area contributed by atoms with Crippen molar-refractivity contribution in [3.8, 4) is 0 Å². The summed E-state index contributed by atoms with van der Waals surface area (Å²) in [5.74, 6) is 0.317. The van der Waals surface area contributed by atoms with Crippen molar-refractivity contribution in [2.75, 3.05) is 6.54 Å². The van der Waals surface area contributed by atoms with Crippen LogP contribution < -0.4 is 0 Å². The van der Waals surface area contributed by atoms with E-state index in [-0.39, 0.29) is 0 Å². The molecule has 1 aromatic rings. The predicted molar refractivity (Wildman–Crippen MR) is 53.6 cm³/mol. The Bertz CT molecular complexity index is 281. The molecule has 0 N–H and O–H groups in total. The molecule has 1 amide bonds. The largest absolute Gasteiger partial charge is 0.338 e. The molecular formula is C10H13NOS. The summed E-state index contributed by atoms with van der Waals surface area (Å²) in [5, 5.41) is 4.17. The molecule has 0 aliphatic carbocycles. The molecule has 0 aromatic carbocycles. The number of thiophene rings is 1. The van der Waals surface area contributed by atoms with Crippen LogP contribution in [0.3, 0.4) is 0 Å². The SMILES string of the molecule is O=C1CCCCN1Cc1ccsc1. The Kier molecular flexibility index (Phi) is 2.64. The minimum absolute atomic E-state index is 0.317. The maximum Gasteiger partial charge on any atom is 0.222 e. The van der Waals surface area contributed by atoms with Gasteiger partial charge in [-0.25, -0.2) is 0 Å². The first-order chi connectivity index (χ1) is 6.36. The average molecular weight is 195 g/mol. The van der Waals surface area contributed by atoms with Crippen LogP contribution in [-0.4, -0.2) is 17.4 Å². The lowest BCUT2D eigenvalue weighted by Crippen LogP contribution is -2.34. The lowest BCUT2D eigenvalue weighted by molar-refractivity contribution is -0.133. The summed E-state index contributed by atoms with van der Waals surface area (Å²) >= 11 is 1.69. The van der Waals surface area contributed by atoms with Crippen LogP contribution >= 0.6 is 11.3 Å². The van der Waals surface area contributed by atoms with Gasteiger partial charge in [-0.15, -0.1) is 0 Å². The standard InChI is InChI=1S/C10H13NOS/c12-10-3-1-2-5-11(10)7-9-4-6-13-8-9/h4,6,8H,1-3,5,7H2. The lowest BCUT2D eigenvalue weighted by Gasteiger charge is -2.26. The van der Waals surface area contributed by atoms with Gasteiger partial charge in [0.05, 0.1) is 0 Å². The molecule has 0 unspecified atom stereocenters. The molecule has 0 bridgehead atoms. The summed E-state index contributed by atoms with van der Waals surface area (Å²) in [5.41, 5.74) is 1.26. The van der Waals surface area contributed by atoms with E-state index in [1.54, 1.807) is 11.3 Å². The molecule has 3 heteroatoms. The number of likely N-dealkylation sites (tertiary alicyclic amines) is 1. The molecule has 1 aromatic heterocycles. The predicted octanol–water partition coefficient (Wildman–Crippen LogP) is 2.26. The zero-order valence-corrected chi connectivity index (χ0v) is 8.35. The van der Waals surface area contributed by atoms with Crippen molar-refractivity contribution in [1.29, 1.82) is 0 Å². The molecule has 13 heavy (non-hydrogen) atoms. The number of piperidine rings is 1. The van der Waals surface area contributed by atoms with E-state index in [1.165, 1.54) is 5.56 Å². The highest BCUT2D eigenvalue weighted by Gasteiger charge is 2.17.